The highest BCUT2D eigenvalue weighted by Gasteiger charge is 2.47. The van der Waals surface area contributed by atoms with Crippen LogP contribution in [-0.2, 0) is 24.3 Å². The number of halogens is 2. The van der Waals surface area contributed by atoms with Crippen molar-refractivity contribution >= 4 is 27.7 Å². The fourth-order valence-electron chi connectivity index (χ4n) is 4.87. The minimum Gasteiger partial charge on any atom is -0.444 e. The van der Waals surface area contributed by atoms with Gasteiger partial charge in [0.15, 0.2) is 0 Å². The number of anilines is 1. The fraction of sp³-hybridized carbons (Fsp3) is 0.636. The molecule has 3 aliphatic rings. The first-order valence-electron chi connectivity index (χ1n) is 11.8. The first-order valence-corrected chi connectivity index (χ1v) is 13.4. The third kappa shape index (κ3) is 5.71. The van der Waals surface area contributed by atoms with E-state index in [9.17, 15) is 32.0 Å². The topological polar surface area (TPSA) is 129 Å². The highest BCUT2D eigenvalue weighted by molar-refractivity contribution is 7.89. The predicted molar refractivity (Wildman–Crippen MR) is 123 cm³/mol. The van der Waals surface area contributed by atoms with E-state index in [1.165, 1.54) is 9.21 Å². The lowest BCUT2D eigenvalue weighted by atomic mass is 9.79. The van der Waals surface area contributed by atoms with Gasteiger partial charge in [0.25, 0.3) is 5.91 Å². The van der Waals surface area contributed by atoms with E-state index in [0.717, 1.165) is 18.2 Å². The number of piperidine rings is 1. The molecule has 0 unspecified atom stereocenters. The van der Waals surface area contributed by atoms with Crippen LogP contribution in [0.5, 0.6) is 0 Å². The first-order chi connectivity index (χ1) is 17.1. The molecule has 0 aliphatic carbocycles. The quantitative estimate of drug-likeness (QED) is 0.409. The van der Waals surface area contributed by atoms with Crippen molar-refractivity contribution in [2.45, 2.75) is 25.4 Å². The molecule has 3 fully saturated rings. The average Bonchev–Trinajstić information content (AvgIpc) is 3.38. The number of nitrogens with one attached hydrogen (secondary N) is 1. The molecule has 1 aromatic carbocycles. The lowest BCUT2D eigenvalue weighted by Crippen LogP contribution is -2.56. The van der Waals surface area contributed by atoms with Crippen LogP contribution < -0.4 is 10.4 Å². The zero-order chi connectivity index (χ0) is 25.9. The van der Waals surface area contributed by atoms with Gasteiger partial charge in [-0.1, -0.05) is 0 Å². The molecule has 0 aromatic heterocycles. The fourth-order valence-corrected chi connectivity index (χ4v) is 6.89. The number of hydrogen-bond donors (Lipinski definition) is 2. The van der Waals surface area contributed by atoms with E-state index in [4.69, 9.17) is 9.47 Å². The Kier molecular flexibility index (Phi) is 7.97. The monoisotopic (exact) mass is 532 g/mol. The summed E-state index contributed by atoms with van der Waals surface area (Å²) < 4.78 is 66.1. The molecule has 1 aromatic rings. The molecule has 0 bridgehead atoms. The number of sulfonamides is 1. The van der Waals surface area contributed by atoms with Crippen LogP contribution in [0.3, 0.4) is 0 Å². The van der Waals surface area contributed by atoms with E-state index in [2.05, 4.69) is 0 Å². The van der Waals surface area contributed by atoms with Gasteiger partial charge in [0, 0.05) is 51.8 Å². The number of carbonyl (C=O) groups excluding carboxylic acids is 2. The summed E-state index contributed by atoms with van der Waals surface area (Å²) in [5, 5.41) is 9.33. The van der Waals surface area contributed by atoms with Gasteiger partial charge < -0.3 is 19.3 Å². The molecule has 11 nitrogen and oxygen atoms in total. The summed E-state index contributed by atoms with van der Waals surface area (Å²) in [5.41, 5.74) is 0.209. The van der Waals surface area contributed by atoms with Gasteiger partial charge in [-0.05, 0) is 25.0 Å². The van der Waals surface area contributed by atoms with E-state index < -0.39 is 44.8 Å². The molecule has 200 valence electrons. The summed E-state index contributed by atoms with van der Waals surface area (Å²) in [6.45, 7) is 1.35. The number of likely N-dealkylation sites (tertiary alicyclic amines) is 1. The van der Waals surface area contributed by atoms with Crippen LogP contribution >= 0.6 is 0 Å². The van der Waals surface area contributed by atoms with Crippen molar-refractivity contribution in [1.82, 2.24) is 14.7 Å². The molecule has 14 heteroatoms. The Balaban J connectivity index is 1.38. The Morgan fingerprint density at radius 2 is 1.83 bits per heavy atom. The first kappa shape index (κ1) is 26.5. The minimum absolute atomic E-state index is 0.0172. The Bertz CT molecular complexity index is 1070. The van der Waals surface area contributed by atoms with Crippen molar-refractivity contribution in [3.8, 4) is 0 Å². The SMILES string of the molecule is O=C(O[C@H]1CCOC1)N1CCC(CS(=O)(=O)N2CCN(c3cc(F)ccc3F)CC2)(C(=O)NO)CC1. The second-order valence-corrected chi connectivity index (χ2v) is 11.3. The van der Waals surface area contributed by atoms with Gasteiger partial charge in [0.1, 0.15) is 17.7 Å². The summed E-state index contributed by atoms with van der Waals surface area (Å²) in [6, 6.07) is 3.10. The van der Waals surface area contributed by atoms with Crippen LogP contribution in [0.15, 0.2) is 18.2 Å². The number of piperazine rings is 1. The van der Waals surface area contributed by atoms with Gasteiger partial charge in [0.2, 0.25) is 10.0 Å². The van der Waals surface area contributed by atoms with Crippen molar-refractivity contribution in [3.63, 3.8) is 0 Å². The Morgan fingerprint density at radius 1 is 1.14 bits per heavy atom. The maximum atomic E-state index is 14.1. The standard InChI is InChI=1S/C22H30F2N4O7S/c23-16-1-2-18(24)19(13-16)26-8-10-28(11-9-26)36(32,33)15-22(20(29)25-31)4-6-27(7-5-22)21(30)35-17-3-12-34-14-17/h1-2,13,17,31H,3-12,14-15H2,(H,25,29)/t17-/m0/s1. The molecule has 3 aliphatic heterocycles. The van der Waals surface area contributed by atoms with Crippen LogP contribution in [0, 0.1) is 17.0 Å². The summed E-state index contributed by atoms with van der Waals surface area (Å²) in [5.74, 6) is -2.58. The van der Waals surface area contributed by atoms with Crippen molar-refractivity contribution < 1.29 is 41.5 Å². The van der Waals surface area contributed by atoms with E-state index in [1.807, 2.05) is 0 Å². The van der Waals surface area contributed by atoms with Gasteiger partial charge in [-0.2, -0.15) is 4.31 Å². The molecule has 0 radical (unpaired) electrons. The maximum Gasteiger partial charge on any atom is 0.410 e. The third-order valence-corrected chi connectivity index (χ3v) is 9.13. The van der Waals surface area contributed by atoms with Gasteiger partial charge in [-0.15, -0.1) is 0 Å². The van der Waals surface area contributed by atoms with Gasteiger partial charge in [-0.25, -0.2) is 27.5 Å². The number of hydroxylamine groups is 1. The highest BCUT2D eigenvalue weighted by atomic mass is 32.2. The van der Waals surface area contributed by atoms with E-state index in [1.54, 1.807) is 10.4 Å². The number of rotatable bonds is 6. The van der Waals surface area contributed by atoms with Crippen LogP contribution in [0.4, 0.5) is 19.3 Å². The second kappa shape index (κ2) is 10.8. The Labute approximate surface area is 207 Å². The molecule has 4 rings (SSSR count). The van der Waals surface area contributed by atoms with Crippen LogP contribution in [0.25, 0.3) is 0 Å². The number of carbonyl (C=O) groups is 2. The molecule has 0 saturated carbocycles. The molecule has 3 saturated heterocycles. The smallest absolute Gasteiger partial charge is 0.410 e. The molecule has 2 N–H and O–H groups in total. The number of amides is 2. The van der Waals surface area contributed by atoms with Crippen LogP contribution in [0.1, 0.15) is 19.3 Å². The molecular formula is C22H30F2N4O7S. The second-order valence-electron chi connectivity index (χ2n) is 9.32. The van der Waals surface area contributed by atoms with Crippen molar-refractivity contribution in [3.05, 3.63) is 29.8 Å². The molecule has 3 heterocycles. The van der Waals surface area contributed by atoms with Gasteiger partial charge in [0.05, 0.1) is 30.1 Å². The van der Waals surface area contributed by atoms with Crippen LogP contribution in [0.2, 0.25) is 0 Å². The normalized spacial score (nSPS) is 22.9. The van der Waals surface area contributed by atoms with Crippen molar-refractivity contribution in [2.75, 3.05) is 63.1 Å². The number of nitrogens with zero attached hydrogens (tertiary/aromatic N) is 3. The Morgan fingerprint density at radius 3 is 2.44 bits per heavy atom. The van der Waals surface area contributed by atoms with Crippen LogP contribution in [-0.4, -0.2) is 99.2 Å². The average molecular weight is 533 g/mol. The van der Waals surface area contributed by atoms with E-state index in [-0.39, 0.29) is 63.9 Å². The predicted octanol–water partition coefficient (Wildman–Crippen LogP) is 0.930. The number of ether oxygens (including phenoxy) is 2. The maximum absolute atomic E-state index is 14.1. The summed E-state index contributed by atoms with van der Waals surface area (Å²) in [7, 11) is -3.96. The van der Waals surface area contributed by atoms with E-state index >= 15 is 0 Å². The van der Waals surface area contributed by atoms with E-state index in [0.29, 0.717) is 19.6 Å². The molecule has 2 amide bonds. The molecule has 0 spiro atoms. The van der Waals surface area contributed by atoms with Gasteiger partial charge in [-0.3, -0.25) is 10.0 Å². The zero-order valence-electron chi connectivity index (χ0n) is 19.7. The summed E-state index contributed by atoms with van der Waals surface area (Å²) in [6.07, 6.45) is -0.238. The minimum atomic E-state index is -3.96. The largest absolute Gasteiger partial charge is 0.444 e. The molecule has 36 heavy (non-hydrogen) atoms. The number of benzene rings is 1. The highest BCUT2D eigenvalue weighted by Crippen LogP contribution is 2.35. The van der Waals surface area contributed by atoms with Crippen molar-refractivity contribution in [1.29, 1.82) is 0 Å². The lowest BCUT2D eigenvalue weighted by Gasteiger charge is -2.41. The summed E-state index contributed by atoms with van der Waals surface area (Å²) >= 11 is 0. The molecule has 1 atom stereocenters. The molecular weight excluding hydrogens is 502 g/mol. The van der Waals surface area contributed by atoms with Gasteiger partial charge >= 0.3 is 6.09 Å². The Hall–Kier alpha value is -2.55. The lowest BCUT2D eigenvalue weighted by molar-refractivity contribution is -0.141. The van der Waals surface area contributed by atoms with Crippen molar-refractivity contribution in [2.24, 2.45) is 5.41 Å². The summed E-state index contributed by atoms with van der Waals surface area (Å²) in [4.78, 5) is 28.1. The number of hydrogen-bond acceptors (Lipinski definition) is 8. The third-order valence-electron chi connectivity index (χ3n) is 7.06. The zero-order valence-corrected chi connectivity index (χ0v) is 20.5.